The molecule has 3 heteroatoms. The molecule has 0 bridgehead atoms. The highest BCUT2D eigenvalue weighted by molar-refractivity contribution is 6.31. The third-order valence-electron chi connectivity index (χ3n) is 4.87. The summed E-state index contributed by atoms with van der Waals surface area (Å²) in [4.78, 5) is 0. The Morgan fingerprint density at radius 2 is 2.10 bits per heavy atom. The molecule has 0 aliphatic heterocycles. The van der Waals surface area contributed by atoms with Crippen LogP contribution in [0.15, 0.2) is 18.2 Å². The quantitative estimate of drug-likeness (QED) is 0.821. The van der Waals surface area contributed by atoms with Gasteiger partial charge >= 0.3 is 0 Å². The van der Waals surface area contributed by atoms with E-state index in [1.54, 1.807) is 12.1 Å². The van der Waals surface area contributed by atoms with Crippen molar-refractivity contribution in [2.24, 2.45) is 11.8 Å². The van der Waals surface area contributed by atoms with Gasteiger partial charge in [0, 0.05) is 16.6 Å². The average molecular weight is 298 g/mol. The summed E-state index contributed by atoms with van der Waals surface area (Å²) in [5.41, 5.74) is 0.661. The fraction of sp³-hybridized carbons (Fsp3) is 0.647. The van der Waals surface area contributed by atoms with Gasteiger partial charge in [-0.3, -0.25) is 0 Å². The monoisotopic (exact) mass is 297 g/mol. The fourth-order valence-electron chi connectivity index (χ4n) is 3.69. The molecule has 0 amide bonds. The summed E-state index contributed by atoms with van der Waals surface area (Å²) in [6.45, 7) is 2.27. The molecule has 1 aromatic rings. The Labute approximate surface area is 126 Å². The van der Waals surface area contributed by atoms with Crippen LogP contribution in [0.25, 0.3) is 0 Å². The smallest absolute Gasteiger partial charge is 0.127 e. The van der Waals surface area contributed by atoms with Gasteiger partial charge in [0.05, 0.1) is 0 Å². The second kappa shape index (κ2) is 7.42. The molecule has 0 aromatic heterocycles. The van der Waals surface area contributed by atoms with E-state index in [2.05, 4.69) is 12.2 Å². The zero-order valence-corrected chi connectivity index (χ0v) is 13.2. The van der Waals surface area contributed by atoms with Gasteiger partial charge in [-0.2, -0.15) is 0 Å². The minimum absolute atomic E-state index is 0.179. The number of likely N-dealkylation sites (N-methyl/N-ethyl adjacent to an activating group) is 1. The van der Waals surface area contributed by atoms with Gasteiger partial charge in [0.1, 0.15) is 5.82 Å². The van der Waals surface area contributed by atoms with Crippen LogP contribution in [-0.2, 0) is 6.42 Å². The molecule has 2 rings (SSSR count). The summed E-state index contributed by atoms with van der Waals surface area (Å²) in [6.07, 6.45) is 7.09. The minimum Gasteiger partial charge on any atom is -0.316 e. The number of nitrogens with one attached hydrogen (secondary N) is 1. The Balaban J connectivity index is 2.15. The van der Waals surface area contributed by atoms with Crippen molar-refractivity contribution in [3.05, 3.63) is 34.6 Å². The molecule has 3 unspecified atom stereocenters. The van der Waals surface area contributed by atoms with Crippen LogP contribution in [0.3, 0.4) is 0 Å². The Hall–Kier alpha value is -0.600. The summed E-state index contributed by atoms with van der Waals surface area (Å²) in [5, 5.41) is 3.96. The van der Waals surface area contributed by atoms with Crippen LogP contribution in [0.2, 0.25) is 5.02 Å². The Bertz CT molecular complexity index is 415. The predicted molar refractivity (Wildman–Crippen MR) is 83.7 cm³/mol. The second-order valence-electron chi connectivity index (χ2n) is 5.92. The van der Waals surface area contributed by atoms with Crippen LogP contribution >= 0.6 is 11.6 Å². The third kappa shape index (κ3) is 3.53. The van der Waals surface area contributed by atoms with E-state index < -0.39 is 0 Å². The molecule has 0 heterocycles. The lowest BCUT2D eigenvalue weighted by Crippen LogP contribution is -2.41. The third-order valence-corrected chi connectivity index (χ3v) is 5.22. The first-order valence-electron chi connectivity index (χ1n) is 7.77. The number of rotatable bonds is 5. The van der Waals surface area contributed by atoms with Gasteiger partial charge in [0.25, 0.3) is 0 Å². The second-order valence-corrected chi connectivity index (χ2v) is 6.32. The maximum absolute atomic E-state index is 14.0. The van der Waals surface area contributed by atoms with E-state index in [0.29, 0.717) is 29.0 Å². The van der Waals surface area contributed by atoms with Gasteiger partial charge < -0.3 is 5.32 Å². The summed E-state index contributed by atoms with van der Waals surface area (Å²) < 4.78 is 14.0. The van der Waals surface area contributed by atoms with Crippen molar-refractivity contribution >= 4 is 11.6 Å². The summed E-state index contributed by atoms with van der Waals surface area (Å²) in [7, 11) is 1.99. The van der Waals surface area contributed by atoms with Crippen molar-refractivity contribution in [2.75, 3.05) is 7.05 Å². The maximum atomic E-state index is 14.0. The van der Waals surface area contributed by atoms with Crippen molar-refractivity contribution in [2.45, 2.75) is 51.5 Å². The summed E-state index contributed by atoms with van der Waals surface area (Å²) in [5.74, 6) is 1.21. The fourth-order valence-corrected chi connectivity index (χ4v) is 3.93. The minimum atomic E-state index is -0.179. The van der Waals surface area contributed by atoms with Gasteiger partial charge in [0.15, 0.2) is 0 Å². The number of benzene rings is 1. The van der Waals surface area contributed by atoms with E-state index in [9.17, 15) is 4.39 Å². The maximum Gasteiger partial charge on any atom is 0.127 e. The average Bonchev–Trinajstić information content (AvgIpc) is 2.47. The number of hydrogen-bond acceptors (Lipinski definition) is 1. The van der Waals surface area contributed by atoms with Crippen molar-refractivity contribution in [3.8, 4) is 0 Å². The van der Waals surface area contributed by atoms with E-state index in [0.717, 1.165) is 5.92 Å². The van der Waals surface area contributed by atoms with Gasteiger partial charge in [-0.05, 0) is 43.9 Å². The molecule has 112 valence electrons. The van der Waals surface area contributed by atoms with Crippen LogP contribution in [0, 0.1) is 17.7 Å². The Kier molecular flexibility index (Phi) is 5.86. The predicted octanol–water partition coefficient (Wildman–Crippen LogP) is 4.83. The molecule has 1 fully saturated rings. The Morgan fingerprint density at radius 1 is 1.35 bits per heavy atom. The molecule has 1 aliphatic rings. The zero-order chi connectivity index (χ0) is 14.5. The molecule has 1 saturated carbocycles. The SMILES string of the molecule is CCC1CCCCC1C(Cc1c(F)cccc1Cl)NC. The van der Waals surface area contributed by atoms with E-state index in [1.165, 1.54) is 38.2 Å². The molecule has 3 atom stereocenters. The number of hydrogen-bond donors (Lipinski definition) is 1. The van der Waals surface area contributed by atoms with E-state index in [-0.39, 0.29) is 5.82 Å². The zero-order valence-electron chi connectivity index (χ0n) is 12.5. The Morgan fingerprint density at radius 3 is 2.75 bits per heavy atom. The first kappa shape index (κ1) is 15.8. The molecule has 1 aliphatic carbocycles. The molecule has 1 nitrogen and oxygen atoms in total. The molecule has 0 saturated heterocycles. The van der Waals surface area contributed by atoms with Crippen molar-refractivity contribution in [1.29, 1.82) is 0 Å². The molecule has 20 heavy (non-hydrogen) atoms. The molecular formula is C17H25ClFN. The van der Waals surface area contributed by atoms with Crippen molar-refractivity contribution in [3.63, 3.8) is 0 Å². The van der Waals surface area contributed by atoms with Gasteiger partial charge in [-0.25, -0.2) is 4.39 Å². The highest BCUT2D eigenvalue weighted by Crippen LogP contribution is 2.36. The molecule has 1 N–H and O–H groups in total. The number of halogens is 2. The van der Waals surface area contributed by atoms with Crippen molar-refractivity contribution < 1.29 is 4.39 Å². The van der Waals surface area contributed by atoms with Crippen LogP contribution < -0.4 is 5.32 Å². The topological polar surface area (TPSA) is 12.0 Å². The summed E-state index contributed by atoms with van der Waals surface area (Å²) in [6, 6.07) is 5.27. The first-order chi connectivity index (χ1) is 9.67. The highest BCUT2D eigenvalue weighted by atomic mass is 35.5. The van der Waals surface area contributed by atoms with Gasteiger partial charge in [-0.15, -0.1) is 0 Å². The van der Waals surface area contributed by atoms with Gasteiger partial charge in [-0.1, -0.05) is 50.3 Å². The molecule has 0 radical (unpaired) electrons. The highest BCUT2D eigenvalue weighted by Gasteiger charge is 2.30. The van der Waals surface area contributed by atoms with Crippen LogP contribution in [-0.4, -0.2) is 13.1 Å². The largest absolute Gasteiger partial charge is 0.316 e. The first-order valence-corrected chi connectivity index (χ1v) is 8.15. The molecular weight excluding hydrogens is 273 g/mol. The molecule has 1 aromatic carbocycles. The van der Waals surface area contributed by atoms with Crippen molar-refractivity contribution in [1.82, 2.24) is 5.32 Å². The van der Waals surface area contributed by atoms with E-state index >= 15 is 0 Å². The van der Waals surface area contributed by atoms with Crippen LogP contribution in [0.1, 0.15) is 44.6 Å². The van der Waals surface area contributed by atoms with Crippen LogP contribution in [0.5, 0.6) is 0 Å². The normalized spacial score (nSPS) is 24.6. The standard InChI is InChI=1S/C17H25ClFN/c1-3-12-7-4-5-8-13(12)17(20-2)11-14-15(18)9-6-10-16(14)19/h6,9-10,12-13,17,20H,3-5,7-8,11H2,1-2H3. The van der Waals surface area contributed by atoms with E-state index in [4.69, 9.17) is 11.6 Å². The molecule has 0 spiro atoms. The van der Waals surface area contributed by atoms with Gasteiger partial charge in [0.2, 0.25) is 0 Å². The summed E-state index contributed by atoms with van der Waals surface area (Å²) >= 11 is 6.17. The lowest BCUT2D eigenvalue weighted by molar-refractivity contribution is 0.178. The lowest BCUT2D eigenvalue weighted by atomic mass is 9.72. The van der Waals surface area contributed by atoms with E-state index in [1.807, 2.05) is 7.05 Å². The van der Waals surface area contributed by atoms with Crippen LogP contribution in [0.4, 0.5) is 4.39 Å². The lowest BCUT2D eigenvalue weighted by Gasteiger charge is -2.37.